The summed E-state index contributed by atoms with van der Waals surface area (Å²) in [6, 6.07) is 0. The summed E-state index contributed by atoms with van der Waals surface area (Å²) in [6.07, 6.45) is 0.661. The molecule has 0 amide bonds. The number of hydrogen-bond donors (Lipinski definition) is 2. The Bertz CT molecular complexity index is 57.0. The average Bonchev–Trinajstić information content (AvgIpc) is 1.80. The van der Waals surface area contributed by atoms with Crippen molar-refractivity contribution >= 4 is 0 Å². The first-order valence-corrected chi connectivity index (χ1v) is 3.30. The lowest BCUT2D eigenvalue weighted by Gasteiger charge is -2.05. The third-order valence-corrected chi connectivity index (χ3v) is 0.787. The van der Waals surface area contributed by atoms with Gasteiger partial charge in [-0.25, -0.2) is 0 Å². The molecule has 0 radical (unpaired) electrons. The molecule has 0 aliphatic rings. The van der Waals surface area contributed by atoms with Gasteiger partial charge in [-0.3, -0.25) is 0 Å². The van der Waals surface area contributed by atoms with Crippen LogP contribution in [0, 0.1) is 0 Å². The molecule has 0 fully saturated rings. The molecule has 3 heteroatoms. The van der Waals surface area contributed by atoms with Crippen LogP contribution in [0.2, 0.25) is 0 Å². The van der Waals surface area contributed by atoms with E-state index < -0.39 is 0 Å². The Morgan fingerprint density at radius 2 is 2.33 bits per heavy atom. The van der Waals surface area contributed by atoms with Crippen molar-refractivity contribution in [1.82, 2.24) is 5.48 Å². The summed E-state index contributed by atoms with van der Waals surface area (Å²) in [6.45, 7) is 4.94. The molecule has 0 heterocycles. The molecule has 3 nitrogen and oxygen atoms in total. The van der Waals surface area contributed by atoms with Crippen LogP contribution in [-0.2, 0) is 4.84 Å². The van der Waals surface area contributed by atoms with Gasteiger partial charge in [0.05, 0.1) is 12.7 Å². The van der Waals surface area contributed by atoms with Crippen molar-refractivity contribution in [2.75, 3.05) is 13.2 Å². The van der Waals surface area contributed by atoms with Crippen LogP contribution in [-0.4, -0.2) is 24.4 Å². The maximum atomic E-state index is 8.71. The summed E-state index contributed by atoms with van der Waals surface area (Å²) < 4.78 is 0. The van der Waals surface area contributed by atoms with Gasteiger partial charge in [-0.05, 0) is 13.3 Å². The van der Waals surface area contributed by atoms with Gasteiger partial charge in [0.1, 0.15) is 0 Å². The first kappa shape index (κ1) is 8.88. The van der Waals surface area contributed by atoms with Gasteiger partial charge in [-0.1, -0.05) is 6.92 Å². The molecule has 9 heavy (non-hydrogen) atoms. The quantitative estimate of drug-likeness (QED) is 0.418. The van der Waals surface area contributed by atoms with E-state index in [2.05, 4.69) is 5.48 Å². The molecule has 0 bridgehead atoms. The van der Waals surface area contributed by atoms with Crippen molar-refractivity contribution in [2.45, 2.75) is 26.4 Å². The molecule has 56 valence electrons. The molecule has 0 saturated heterocycles. The highest BCUT2D eigenvalue weighted by Gasteiger charge is 1.91. The van der Waals surface area contributed by atoms with Crippen molar-refractivity contribution in [2.24, 2.45) is 0 Å². The van der Waals surface area contributed by atoms with Gasteiger partial charge in [-0.2, -0.15) is 5.48 Å². The Hall–Kier alpha value is -0.120. The fourth-order valence-electron chi connectivity index (χ4n) is 0.354. The normalized spacial score (nSPS) is 13.7. The van der Waals surface area contributed by atoms with Gasteiger partial charge >= 0.3 is 0 Å². The van der Waals surface area contributed by atoms with Crippen LogP contribution in [0.5, 0.6) is 0 Å². The topological polar surface area (TPSA) is 41.5 Å². The third-order valence-electron chi connectivity index (χ3n) is 0.787. The molecule has 0 aliphatic heterocycles. The second-order valence-electron chi connectivity index (χ2n) is 2.05. The van der Waals surface area contributed by atoms with Crippen LogP contribution < -0.4 is 5.48 Å². The summed E-state index contributed by atoms with van der Waals surface area (Å²) in [5.74, 6) is 0. The molecular weight excluding hydrogens is 118 g/mol. The number of aliphatic hydroxyl groups excluding tert-OH is 1. The van der Waals surface area contributed by atoms with E-state index in [1.807, 2.05) is 6.92 Å². The van der Waals surface area contributed by atoms with E-state index in [-0.39, 0.29) is 6.10 Å². The molecule has 1 unspecified atom stereocenters. The lowest BCUT2D eigenvalue weighted by Crippen LogP contribution is -2.24. The Morgan fingerprint density at radius 1 is 1.67 bits per heavy atom. The molecule has 0 aromatic rings. The van der Waals surface area contributed by atoms with Crippen LogP contribution >= 0.6 is 0 Å². The lowest BCUT2D eigenvalue weighted by molar-refractivity contribution is 0.0180. The molecule has 0 spiro atoms. The predicted molar refractivity (Wildman–Crippen MR) is 35.9 cm³/mol. The Morgan fingerprint density at radius 3 is 2.78 bits per heavy atom. The fourth-order valence-corrected chi connectivity index (χ4v) is 0.354. The largest absolute Gasteiger partial charge is 0.392 e. The number of rotatable bonds is 5. The number of hydrogen-bond acceptors (Lipinski definition) is 3. The summed E-state index contributed by atoms with van der Waals surface area (Å²) in [5, 5.41) is 8.71. The van der Waals surface area contributed by atoms with Crippen molar-refractivity contribution in [1.29, 1.82) is 0 Å². The lowest BCUT2D eigenvalue weighted by atomic mass is 10.4. The molecule has 0 aliphatic carbocycles. The highest BCUT2D eigenvalue weighted by atomic mass is 16.6. The van der Waals surface area contributed by atoms with Gasteiger partial charge in [0.2, 0.25) is 0 Å². The Kier molecular flexibility index (Phi) is 5.93. The Balaban J connectivity index is 2.75. The van der Waals surface area contributed by atoms with Gasteiger partial charge in [0.25, 0.3) is 0 Å². The monoisotopic (exact) mass is 133 g/mol. The maximum Gasteiger partial charge on any atom is 0.0679 e. The zero-order valence-electron chi connectivity index (χ0n) is 6.05. The summed E-state index contributed by atoms with van der Waals surface area (Å²) in [5.41, 5.74) is 2.64. The van der Waals surface area contributed by atoms with Crippen molar-refractivity contribution in [3.8, 4) is 0 Å². The average molecular weight is 133 g/mol. The van der Waals surface area contributed by atoms with Crippen molar-refractivity contribution in [3.63, 3.8) is 0 Å². The highest BCUT2D eigenvalue weighted by molar-refractivity contribution is 4.43. The van der Waals surface area contributed by atoms with Crippen LogP contribution in [0.1, 0.15) is 20.3 Å². The zero-order chi connectivity index (χ0) is 7.11. The second kappa shape index (κ2) is 6.01. The van der Waals surface area contributed by atoms with E-state index in [0.29, 0.717) is 13.2 Å². The van der Waals surface area contributed by atoms with Crippen molar-refractivity contribution < 1.29 is 9.94 Å². The van der Waals surface area contributed by atoms with Crippen LogP contribution in [0.25, 0.3) is 0 Å². The molecule has 0 aromatic heterocycles. The van der Waals surface area contributed by atoms with Crippen LogP contribution in [0.3, 0.4) is 0 Å². The minimum atomic E-state index is -0.332. The van der Waals surface area contributed by atoms with E-state index in [4.69, 9.17) is 9.94 Å². The number of nitrogens with one attached hydrogen (secondary N) is 1. The smallest absolute Gasteiger partial charge is 0.0679 e. The number of hydroxylamine groups is 1. The number of aliphatic hydroxyl groups is 1. The van der Waals surface area contributed by atoms with Crippen LogP contribution in [0.4, 0.5) is 0 Å². The summed E-state index contributed by atoms with van der Waals surface area (Å²) in [7, 11) is 0. The van der Waals surface area contributed by atoms with E-state index in [1.165, 1.54) is 0 Å². The van der Waals surface area contributed by atoms with Gasteiger partial charge in [0, 0.05) is 6.54 Å². The van der Waals surface area contributed by atoms with E-state index in [0.717, 1.165) is 6.42 Å². The minimum Gasteiger partial charge on any atom is -0.392 e. The van der Waals surface area contributed by atoms with Crippen LogP contribution in [0.15, 0.2) is 0 Å². The third kappa shape index (κ3) is 7.88. The SMILES string of the molecule is CCCONCC(C)O. The highest BCUT2D eigenvalue weighted by Crippen LogP contribution is 1.77. The first-order chi connectivity index (χ1) is 4.27. The first-order valence-electron chi connectivity index (χ1n) is 3.30. The Labute approximate surface area is 56.0 Å². The van der Waals surface area contributed by atoms with Crippen molar-refractivity contribution in [3.05, 3.63) is 0 Å². The molecule has 2 N–H and O–H groups in total. The van der Waals surface area contributed by atoms with Gasteiger partial charge in [-0.15, -0.1) is 0 Å². The molecule has 1 atom stereocenters. The molecule has 0 rings (SSSR count). The minimum absolute atomic E-state index is 0.332. The second-order valence-corrected chi connectivity index (χ2v) is 2.05. The zero-order valence-corrected chi connectivity index (χ0v) is 6.05. The van der Waals surface area contributed by atoms with E-state index in [9.17, 15) is 0 Å². The summed E-state index contributed by atoms with van der Waals surface area (Å²) in [4.78, 5) is 4.88. The molecular formula is C6H15NO2. The standard InChI is InChI=1S/C6H15NO2/c1-3-4-9-7-5-6(2)8/h6-8H,3-5H2,1-2H3. The fraction of sp³-hybridized carbons (Fsp3) is 1.00. The van der Waals surface area contributed by atoms with Gasteiger partial charge in [0.15, 0.2) is 0 Å². The van der Waals surface area contributed by atoms with E-state index >= 15 is 0 Å². The maximum absolute atomic E-state index is 8.71. The molecule has 0 saturated carbocycles. The summed E-state index contributed by atoms with van der Waals surface area (Å²) >= 11 is 0. The van der Waals surface area contributed by atoms with Gasteiger partial charge < -0.3 is 9.94 Å². The predicted octanol–water partition coefficient (Wildman–Crippen LogP) is 0.298. The molecule has 0 aromatic carbocycles. The van der Waals surface area contributed by atoms with E-state index in [1.54, 1.807) is 6.92 Å².